The Morgan fingerprint density at radius 2 is 2.20 bits per heavy atom. The van der Waals surface area contributed by atoms with Gasteiger partial charge >= 0.3 is 0 Å². The molecule has 2 aromatic rings. The average molecular weight is 220 g/mol. The molecule has 3 heteroatoms. The van der Waals surface area contributed by atoms with Crippen LogP contribution in [0.2, 0.25) is 0 Å². The summed E-state index contributed by atoms with van der Waals surface area (Å²) in [6, 6.07) is 6.59. The van der Waals surface area contributed by atoms with E-state index < -0.39 is 0 Å². The van der Waals surface area contributed by atoms with Crippen molar-refractivity contribution in [3.8, 4) is 0 Å². The summed E-state index contributed by atoms with van der Waals surface area (Å²) in [4.78, 5) is 4.50. The number of hydrogen-bond acceptors (Lipinski definition) is 3. The Kier molecular flexibility index (Phi) is 3.34. The first-order valence-electron chi connectivity index (χ1n) is 5.36. The summed E-state index contributed by atoms with van der Waals surface area (Å²) in [5.74, 6) is 0. The Labute approximate surface area is 94.1 Å². The molecule has 0 atom stereocenters. The molecule has 1 aromatic heterocycles. The van der Waals surface area contributed by atoms with Gasteiger partial charge < -0.3 is 5.73 Å². The van der Waals surface area contributed by atoms with E-state index in [1.54, 1.807) is 11.3 Å². The topological polar surface area (TPSA) is 38.9 Å². The second-order valence-corrected chi connectivity index (χ2v) is 5.02. The first-order valence-corrected chi connectivity index (χ1v) is 6.17. The van der Waals surface area contributed by atoms with Crippen molar-refractivity contribution in [2.45, 2.75) is 26.2 Å². The highest BCUT2D eigenvalue weighted by atomic mass is 32.1. The molecule has 0 fully saturated rings. The number of aryl methyl sites for hydroxylation is 2. The molecule has 0 unspecified atom stereocenters. The van der Waals surface area contributed by atoms with Gasteiger partial charge in [-0.25, -0.2) is 4.98 Å². The predicted molar refractivity (Wildman–Crippen MR) is 66.3 cm³/mol. The molecule has 0 saturated heterocycles. The van der Waals surface area contributed by atoms with E-state index in [-0.39, 0.29) is 0 Å². The highest BCUT2D eigenvalue weighted by molar-refractivity contribution is 7.18. The molecule has 0 aliphatic carbocycles. The first-order chi connectivity index (χ1) is 7.29. The van der Waals surface area contributed by atoms with Crippen molar-refractivity contribution in [3.63, 3.8) is 0 Å². The maximum atomic E-state index is 5.48. The summed E-state index contributed by atoms with van der Waals surface area (Å²) >= 11 is 1.76. The van der Waals surface area contributed by atoms with Crippen LogP contribution in [0.15, 0.2) is 18.2 Å². The number of rotatable bonds is 4. The Balaban J connectivity index is 2.15. The van der Waals surface area contributed by atoms with E-state index in [9.17, 15) is 0 Å². The monoisotopic (exact) mass is 220 g/mol. The van der Waals surface area contributed by atoms with E-state index in [2.05, 4.69) is 30.1 Å². The number of nitrogens with two attached hydrogens (primary N) is 1. The number of hydrogen-bond donors (Lipinski definition) is 1. The van der Waals surface area contributed by atoms with Crippen LogP contribution in [0.4, 0.5) is 0 Å². The maximum absolute atomic E-state index is 5.48. The molecule has 2 nitrogen and oxygen atoms in total. The third-order valence-electron chi connectivity index (χ3n) is 2.48. The summed E-state index contributed by atoms with van der Waals surface area (Å²) in [7, 11) is 0. The molecule has 0 saturated carbocycles. The number of nitrogens with zero attached hydrogens (tertiary/aromatic N) is 1. The van der Waals surface area contributed by atoms with Gasteiger partial charge in [0.25, 0.3) is 0 Å². The fourth-order valence-corrected chi connectivity index (χ4v) is 2.52. The van der Waals surface area contributed by atoms with E-state index in [4.69, 9.17) is 5.73 Å². The summed E-state index contributed by atoms with van der Waals surface area (Å²) < 4.78 is 1.29. The van der Waals surface area contributed by atoms with Crippen LogP contribution in [0.3, 0.4) is 0 Å². The molecule has 0 aliphatic heterocycles. The Hall–Kier alpha value is -0.930. The highest BCUT2D eigenvalue weighted by Gasteiger charge is 2.01. The summed E-state index contributed by atoms with van der Waals surface area (Å²) in [5, 5.41) is 1.14. The van der Waals surface area contributed by atoms with Crippen molar-refractivity contribution in [1.82, 2.24) is 4.98 Å². The lowest BCUT2D eigenvalue weighted by Crippen LogP contribution is -1.98. The summed E-state index contributed by atoms with van der Waals surface area (Å²) in [6.45, 7) is 2.84. The van der Waals surface area contributed by atoms with Gasteiger partial charge in [-0.1, -0.05) is 6.07 Å². The molecule has 0 spiro atoms. The number of thiazole rings is 1. The summed E-state index contributed by atoms with van der Waals surface area (Å²) in [6.07, 6.45) is 3.39. The van der Waals surface area contributed by atoms with Crippen LogP contribution < -0.4 is 5.73 Å². The largest absolute Gasteiger partial charge is 0.330 e. The van der Waals surface area contributed by atoms with Crippen molar-refractivity contribution in [2.75, 3.05) is 6.54 Å². The van der Waals surface area contributed by atoms with Gasteiger partial charge in [0.2, 0.25) is 0 Å². The molecule has 0 radical (unpaired) electrons. The fraction of sp³-hybridized carbons (Fsp3) is 0.417. The lowest BCUT2D eigenvalue weighted by Gasteiger charge is -1.99. The zero-order chi connectivity index (χ0) is 10.7. The molecule has 1 aromatic carbocycles. The highest BCUT2D eigenvalue weighted by Crippen LogP contribution is 2.22. The number of unbranched alkanes of at least 4 members (excludes halogenated alkanes) is 1. The molecular weight excluding hydrogens is 204 g/mol. The van der Waals surface area contributed by atoms with E-state index in [1.807, 2.05) is 0 Å². The van der Waals surface area contributed by atoms with Crippen LogP contribution in [-0.2, 0) is 6.42 Å². The first kappa shape index (κ1) is 10.6. The van der Waals surface area contributed by atoms with Gasteiger partial charge in [-0.15, -0.1) is 11.3 Å². The molecule has 0 amide bonds. The molecule has 1 heterocycles. The SMILES string of the molecule is Cc1nc2cc(CCCCN)ccc2s1. The summed E-state index contributed by atoms with van der Waals surface area (Å²) in [5.41, 5.74) is 7.99. The lowest BCUT2D eigenvalue weighted by molar-refractivity contribution is 0.745. The zero-order valence-corrected chi connectivity index (χ0v) is 9.81. The Bertz CT molecular complexity index is 448. The van der Waals surface area contributed by atoms with Gasteiger partial charge in [-0.05, 0) is 50.4 Å². The molecular formula is C12H16N2S. The predicted octanol–water partition coefficient (Wildman–Crippen LogP) is 2.89. The van der Waals surface area contributed by atoms with Crippen molar-refractivity contribution >= 4 is 21.6 Å². The van der Waals surface area contributed by atoms with Crippen LogP contribution in [0.25, 0.3) is 10.2 Å². The Morgan fingerprint density at radius 1 is 1.33 bits per heavy atom. The third kappa shape index (κ3) is 2.55. The number of benzene rings is 1. The molecule has 15 heavy (non-hydrogen) atoms. The lowest BCUT2D eigenvalue weighted by atomic mass is 10.1. The zero-order valence-electron chi connectivity index (χ0n) is 8.99. The quantitative estimate of drug-likeness (QED) is 0.805. The normalized spacial score (nSPS) is 11.1. The van der Waals surface area contributed by atoms with Gasteiger partial charge in [0.1, 0.15) is 0 Å². The smallest absolute Gasteiger partial charge is 0.0907 e. The average Bonchev–Trinajstić information content (AvgIpc) is 2.57. The van der Waals surface area contributed by atoms with Gasteiger partial charge in [0.05, 0.1) is 15.2 Å². The standard InChI is InChI=1S/C12H16N2S/c1-9-14-11-8-10(4-2-3-7-13)5-6-12(11)15-9/h5-6,8H,2-4,7,13H2,1H3. The van der Waals surface area contributed by atoms with Gasteiger partial charge in [0.15, 0.2) is 0 Å². The minimum atomic E-state index is 0.790. The van der Waals surface area contributed by atoms with Crippen LogP contribution >= 0.6 is 11.3 Å². The molecule has 2 rings (SSSR count). The molecule has 0 aliphatic rings. The minimum absolute atomic E-state index is 0.790. The van der Waals surface area contributed by atoms with Gasteiger partial charge in [-0.2, -0.15) is 0 Å². The van der Waals surface area contributed by atoms with E-state index in [0.29, 0.717) is 0 Å². The van der Waals surface area contributed by atoms with Crippen molar-refractivity contribution < 1.29 is 0 Å². The molecule has 2 N–H and O–H groups in total. The van der Waals surface area contributed by atoms with E-state index >= 15 is 0 Å². The van der Waals surface area contributed by atoms with Crippen molar-refractivity contribution in [2.24, 2.45) is 5.73 Å². The van der Waals surface area contributed by atoms with Gasteiger partial charge in [-0.3, -0.25) is 0 Å². The van der Waals surface area contributed by atoms with Crippen LogP contribution in [0, 0.1) is 6.92 Å². The maximum Gasteiger partial charge on any atom is 0.0907 e. The second-order valence-electron chi connectivity index (χ2n) is 3.78. The van der Waals surface area contributed by atoms with Crippen LogP contribution in [0.5, 0.6) is 0 Å². The Morgan fingerprint density at radius 3 is 3.00 bits per heavy atom. The van der Waals surface area contributed by atoms with Gasteiger partial charge in [0, 0.05) is 0 Å². The number of aromatic nitrogens is 1. The van der Waals surface area contributed by atoms with Crippen molar-refractivity contribution in [3.05, 3.63) is 28.8 Å². The molecule has 80 valence electrons. The minimum Gasteiger partial charge on any atom is -0.330 e. The van der Waals surface area contributed by atoms with Crippen LogP contribution in [-0.4, -0.2) is 11.5 Å². The third-order valence-corrected chi connectivity index (χ3v) is 3.43. The fourth-order valence-electron chi connectivity index (χ4n) is 1.72. The van der Waals surface area contributed by atoms with Crippen molar-refractivity contribution in [1.29, 1.82) is 0 Å². The molecule has 0 bridgehead atoms. The van der Waals surface area contributed by atoms with Crippen LogP contribution in [0.1, 0.15) is 23.4 Å². The second kappa shape index (κ2) is 4.73. The van der Waals surface area contributed by atoms with E-state index in [1.165, 1.54) is 16.7 Å². The number of fused-ring (bicyclic) bond motifs is 1. The van der Waals surface area contributed by atoms with E-state index in [0.717, 1.165) is 29.9 Å².